The monoisotopic (exact) mass is 234 g/mol. The summed E-state index contributed by atoms with van der Waals surface area (Å²) in [5, 5.41) is 1.86. The number of rotatable bonds is 4. The Bertz CT molecular complexity index is 433. The number of nitrogens with one attached hydrogen (secondary N) is 1. The molecule has 0 amide bonds. The highest BCUT2D eigenvalue weighted by atomic mass is 16.5. The van der Waals surface area contributed by atoms with Gasteiger partial charge in [-0.15, -0.1) is 0 Å². The van der Waals surface area contributed by atoms with Gasteiger partial charge in [0, 0.05) is 6.07 Å². The molecule has 6 heteroatoms. The van der Waals surface area contributed by atoms with E-state index in [4.69, 9.17) is 10.5 Å². The van der Waals surface area contributed by atoms with Crippen LogP contribution < -0.4 is 15.9 Å². The van der Waals surface area contributed by atoms with E-state index in [9.17, 15) is 4.79 Å². The summed E-state index contributed by atoms with van der Waals surface area (Å²) in [5.41, 5.74) is 9.14. The molecular weight excluding hydrogens is 220 g/mol. The van der Waals surface area contributed by atoms with E-state index in [1.54, 1.807) is 24.5 Å². The van der Waals surface area contributed by atoms with Gasteiger partial charge in [-0.05, 0) is 12.1 Å². The first kappa shape index (κ1) is 11.4. The SMILES string of the molecule is NCC(=O)Oc1cccc(NN2C=NCC2)c1. The van der Waals surface area contributed by atoms with Gasteiger partial charge >= 0.3 is 5.97 Å². The quantitative estimate of drug-likeness (QED) is 0.575. The van der Waals surface area contributed by atoms with E-state index in [2.05, 4.69) is 10.4 Å². The van der Waals surface area contributed by atoms with Gasteiger partial charge in [-0.1, -0.05) is 6.07 Å². The minimum absolute atomic E-state index is 0.129. The summed E-state index contributed by atoms with van der Waals surface area (Å²) < 4.78 is 5.01. The van der Waals surface area contributed by atoms with Crippen LogP contribution in [0.2, 0.25) is 0 Å². The second kappa shape index (κ2) is 5.31. The average Bonchev–Trinajstić information content (AvgIpc) is 2.82. The molecule has 0 spiro atoms. The van der Waals surface area contributed by atoms with Crippen molar-refractivity contribution in [1.29, 1.82) is 0 Å². The fraction of sp³-hybridized carbons (Fsp3) is 0.273. The van der Waals surface area contributed by atoms with Gasteiger partial charge < -0.3 is 10.5 Å². The first-order chi connectivity index (χ1) is 8.28. The van der Waals surface area contributed by atoms with Crippen molar-refractivity contribution in [2.45, 2.75) is 0 Å². The number of nitrogens with two attached hydrogens (primary N) is 1. The van der Waals surface area contributed by atoms with Gasteiger partial charge in [-0.3, -0.25) is 20.2 Å². The van der Waals surface area contributed by atoms with E-state index >= 15 is 0 Å². The summed E-state index contributed by atoms with van der Waals surface area (Å²) in [6, 6.07) is 7.12. The van der Waals surface area contributed by atoms with Crippen molar-refractivity contribution in [1.82, 2.24) is 5.01 Å². The van der Waals surface area contributed by atoms with Crippen molar-refractivity contribution < 1.29 is 9.53 Å². The topological polar surface area (TPSA) is 80.0 Å². The molecule has 3 N–H and O–H groups in total. The summed E-state index contributed by atoms with van der Waals surface area (Å²) in [6.45, 7) is 1.48. The molecule has 0 bridgehead atoms. The molecule has 1 aliphatic rings. The molecule has 0 unspecified atom stereocenters. The molecule has 17 heavy (non-hydrogen) atoms. The molecule has 1 aliphatic heterocycles. The Balaban J connectivity index is 2.00. The Morgan fingerprint density at radius 3 is 3.18 bits per heavy atom. The van der Waals surface area contributed by atoms with E-state index in [0.29, 0.717) is 5.75 Å². The van der Waals surface area contributed by atoms with Gasteiger partial charge in [0.2, 0.25) is 0 Å². The highest BCUT2D eigenvalue weighted by Gasteiger charge is 2.06. The molecule has 90 valence electrons. The van der Waals surface area contributed by atoms with Crippen LogP contribution in [0.5, 0.6) is 5.75 Å². The summed E-state index contributed by atoms with van der Waals surface area (Å²) in [6.07, 6.45) is 1.73. The molecular formula is C11H14N4O2. The van der Waals surface area contributed by atoms with Crippen LogP contribution in [0.15, 0.2) is 29.3 Å². The molecule has 0 fully saturated rings. The van der Waals surface area contributed by atoms with Crippen molar-refractivity contribution >= 4 is 18.0 Å². The Labute approximate surface area is 99.0 Å². The van der Waals surface area contributed by atoms with Crippen LogP contribution in [-0.4, -0.2) is 37.0 Å². The Morgan fingerprint density at radius 1 is 1.59 bits per heavy atom. The van der Waals surface area contributed by atoms with Crippen LogP contribution in [0, 0.1) is 0 Å². The normalized spacial score (nSPS) is 13.8. The predicted molar refractivity (Wildman–Crippen MR) is 64.8 cm³/mol. The third-order valence-electron chi connectivity index (χ3n) is 2.20. The van der Waals surface area contributed by atoms with Crippen LogP contribution in [-0.2, 0) is 4.79 Å². The number of benzene rings is 1. The maximum Gasteiger partial charge on any atom is 0.325 e. The molecule has 1 heterocycles. The maximum atomic E-state index is 11.0. The smallest absolute Gasteiger partial charge is 0.325 e. The standard InChI is InChI=1S/C11H14N4O2/c12-7-11(16)17-10-3-1-2-9(6-10)14-15-5-4-13-8-15/h1-3,6,8,14H,4-5,7,12H2. The summed E-state index contributed by atoms with van der Waals surface area (Å²) in [4.78, 5) is 15.1. The van der Waals surface area contributed by atoms with Gasteiger partial charge in [-0.25, -0.2) is 0 Å². The Hall–Kier alpha value is -2.08. The lowest BCUT2D eigenvalue weighted by Gasteiger charge is -2.17. The molecule has 0 saturated carbocycles. The van der Waals surface area contributed by atoms with E-state index in [1.807, 2.05) is 11.1 Å². The number of hydrazine groups is 1. The van der Waals surface area contributed by atoms with E-state index in [-0.39, 0.29) is 6.54 Å². The number of carbonyl (C=O) groups excluding carboxylic acids is 1. The van der Waals surface area contributed by atoms with Crippen LogP contribution in [0.3, 0.4) is 0 Å². The first-order valence-corrected chi connectivity index (χ1v) is 5.32. The largest absolute Gasteiger partial charge is 0.426 e. The molecule has 1 aromatic rings. The third-order valence-corrected chi connectivity index (χ3v) is 2.20. The first-order valence-electron chi connectivity index (χ1n) is 5.32. The van der Waals surface area contributed by atoms with Crippen molar-refractivity contribution in [2.75, 3.05) is 25.1 Å². The number of hydrogen-bond acceptors (Lipinski definition) is 6. The number of anilines is 1. The van der Waals surface area contributed by atoms with E-state index in [0.717, 1.165) is 18.8 Å². The van der Waals surface area contributed by atoms with Gasteiger partial charge in [0.1, 0.15) is 12.1 Å². The van der Waals surface area contributed by atoms with Crippen LogP contribution in [0.4, 0.5) is 5.69 Å². The zero-order chi connectivity index (χ0) is 12.1. The zero-order valence-electron chi connectivity index (χ0n) is 9.30. The fourth-order valence-corrected chi connectivity index (χ4v) is 1.43. The lowest BCUT2D eigenvalue weighted by atomic mass is 10.3. The van der Waals surface area contributed by atoms with Crippen molar-refractivity contribution in [2.24, 2.45) is 10.7 Å². The lowest BCUT2D eigenvalue weighted by molar-refractivity contribution is -0.132. The predicted octanol–water partition coefficient (Wildman–Crippen LogP) is 0.221. The number of ether oxygens (including phenoxy) is 1. The average molecular weight is 234 g/mol. The van der Waals surface area contributed by atoms with Gasteiger partial charge in [-0.2, -0.15) is 0 Å². The van der Waals surface area contributed by atoms with E-state index in [1.165, 1.54) is 0 Å². The lowest BCUT2D eigenvalue weighted by Crippen LogP contribution is -2.26. The van der Waals surface area contributed by atoms with Crippen LogP contribution in [0.1, 0.15) is 0 Å². The molecule has 1 aromatic carbocycles. The summed E-state index contributed by atoms with van der Waals surface area (Å²) in [7, 11) is 0. The minimum Gasteiger partial charge on any atom is -0.426 e. The molecule has 0 atom stereocenters. The van der Waals surface area contributed by atoms with E-state index < -0.39 is 5.97 Å². The fourth-order valence-electron chi connectivity index (χ4n) is 1.43. The zero-order valence-corrected chi connectivity index (χ0v) is 9.30. The number of hydrogen-bond donors (Lipinski definition) is 2. The third kappa shape index (κ3) is 3.18. The molecule has 0 aromatic heterocycles. The van der Waals surface area contributed by atoms with Crippen molar-refractivity contribution in [3.8, 4) is 5.75 Å². The number of aliphatic imine (C=N–C) groups is 1. The molecule has 6 nitrogen and oxygen atoms in total. The number of carbonyl (C=O) groups is 1. The Morgan fingerprint density at radius 2 is 2.47 bits per heavy atom. The Kier molecular flexibility index (Phi) is 3.56. The number of nitrogens with zero attached hydrogens (tertiary/aromatic N) is 2. The van der Waals surface area contributed by atoms with Gasteiger partial charge in [0.25, 0.3) is 0 Å². The van der Waals surface area contributed by atoms with Crippen LogP contribution in [0.25, 0.3) is 0 Å². The molecule has 0 aliphatic carbocycles. The van der Waals surface area contributed by atoms with Crippen LogP contribution >= 0.6 is 0 Å². The van der Waals surface area contributed by atoms with Crippen molar-refractivity contribution in [3.05, 3.63) is 24.3 Å². The second-order valence-corrected chi connectivity index (χ2v) is 3.53. The maximum absolute atomic E-state index is 11.0. The summed E-state index contributed by atoms with van der Waals surface area (Å²) in [5.74, 6) is 0.0199. The molecule has 0 radical (unpaired) electrons. The minimum atomic E-state index is -0.454. The van der Waals surface area contributed by atoms with Gasteiger partial charge in [0.05, 0.1) is 25.3 Å². The number of esters is 1. The molecule has 2 rings (SSSR count). The summed E-state index contributed by atoms with van der Waals surface area (Å²) >= 11 is 0. The second-order valence-electron chi connectivity index (χ2n) is 3.53. The van der Waals surface area contributed by atoms with Gasteiger partial charge in [0.15, 0.2) is 0 Å². The highest BCUT2D eigenvalue weighted by Crippen LogP contribution is 2.18. The highest BCUT2D eigenvalue weighted by molar-refractivity contribution is 5.74. The molecule has 0 saturated heterocycles. The van der Waals surface area contributed by atoms with Crippen molar-refractivity contribution in [3.63, 3.8) is 0 Å².